The molecule has 0 spiro atoms. The minimum atomic E-state index is -0.145. The molecule has 1 atom stereocenters. The van der Waals surface area contributed by atoms with Gasteiger partial charge in [0.1, 0.15) is 17.2 Å². The SMILES string of the molecule is COc1cccc(OCCCNC(=O)c2ccn(C3CCCNC3)n2)c1. The molecule has 2 aromatic rings. The van der Waals surface area contributed by atoms with Crippen LogP contribution in [0.2, 0.25) is 0 Å². The highest BCUT2D eigenvalue weighted by atomic mass is 16.5. The third-order valence-electron chi connectivity index (χ3n) is 4.40. The first-order valence-corrected chi connectivity index (χ1v) is 9.07. The number of hydrogen-bond donors (Lipinski definition) is 2. The molecule has 2 N–H and O–H groups in total. The lowest BCUT2D eigenvalue weighted by atomic mass is 10.1. The van der Waals surface area contributed by atoms with Gasteiger partial charge in [-0.25, -0.2) is 0 Å². The van der Waals surface area contributed by atoms with E-state index in [-0.39, 0.29) is 5.91 Å². The maximum Gasteiger partial charge on any atom is 0.271 e. The molecule has 0 saturated carbocycles. The molecule has 1 aromatic heterocycles. The van der Waals surface area contributed by atoms with Crippen molar-refractivity contribution in [3.8, 4) is 11.5 Å². The molecule has 3 rings (SSSR count). The third kappa shape index (κ3) is 4.98. The standard InChI is InChI=1S/C19H26N4O3/c1-25-16-6-2-7-17(13-16)26-12-4-10-21-19(24)18-8-11-23(22-18)15-5-3-9-20-14-15/h2,6-8,11,13,15,20H,3-5,9-10,12,14H2,1H3,(H,21,24). The lowest BCUT2D eigenvalue weighted by molar-refractivity contribution is 0.0945. The second-order valence-electron chi connectivity index (χ2n) is 6.32. The number of carbonyl (C=O) groups is 1. The van der Waals surface area contributed by atoms with E-state index in [0.29, 0.717) is 24.9 Å². The zero-order valence-corrected chi connectivity index (χ0v) is 15.1. The molecule has 2 heterocycles. The summed E-state index contributed by atoms with van der Waals surface area (Å²) in [6.07, 6.45) is 4.84. The number of amides is 1. The summed E-state index contributed by atoms with van der Waals surface area (Å²) in [6.45, 7) is 3.03. The lowest BCUT2D eigenvalue weighted by Gasteiger charge is -2.22. The Balaban J connectivity index is 1.38. The van der Waals surface area contributed by atoms with Gasteiger partial charge in [0.05, 0.1) is 19.8 Å². The molecule has 0 radical (unpaired) electrons. The Labute approximate surface area is 153 Å². The minimum Gasteiger partial charge on any atom is -0.497 e. The van der Waals surface area contributed by atoms with Gasteiger partial charge in [0.15, 0.2) is 0 Å². The number of piperidine rings is 1. The van der Waals surface area contributed by atoms with E-state index in [1.54, 1.807) is 13.2 Å². The van der Waals surface area contributed by atoms with Crippen molar-refractivity contribution >= 4 is 5.91 Å². The fourth-order valence-corrected chi connectivity index (χ4v) is 2.97. The van der Waals surface area contributed by atoms with E-state index in [1.807, 2.05) is 35.1 Å². The number of carbonyl (C=O) groups excluding carboxylic acids is 1. The molecule has 7 nitrogen and oxygen atoms in total. The maximum absolute atomic E-state index is 12.2. The van der Waals surface area contributed by atoms with Gasteiger partial charge < -0.3 is 20.1 Å². The summed E-state index contributed by atoms with van der Waals surface area (Å²) in [4.78, 5) is 12.2. The van der Waals surface area contributed by atoms with Gasteiger partial charge in [-0.2, -0.15) is 5.10 Å². The second-order valence-corrected chi connectivity index (χ2v) is 6.32. The van der Waals surface area contributed by atoms with Gasteiger partial charge in [-0.1, -0.05) is 6.07 Å². The Kier molecular flexibility index (Phi) is 6.49. The van der Waals surface area contributed by atoms with Crippen LogP contribution in [0.1, 0.15) is 35.8 Å². The summed E-state index contributed by atoms with van der Waals surface area (Å²) in [5.41, 5.74) is 0.462. The van der Waals surface area contributed by atoms with Gasteiger partial charge in [0, 0.05) is 25.4 Å². The average molecular weight is 358 g/mol. The third-order valence-corrected chi connectivity index (χ3v) is 4.40. The van der Waals surface area contributed by atoms with Crippen LogP contribution in [0.4, 0.5) is 0 Å². The number of ether oxygens (including phenoxy) is 2. The number of benzene rings is 1. The van der Waals surface area contributed by atoms with Gasteiger partial charge in [-0.05, 0) is 44.0 Å². The molecule has 1 amide bonds. The van der Waals surface area contributed by atoms with Crippen molar-refractivity contribution < 1.29 is 14.3 Å². The number of hydrogen-bond acceptors (Lipinski definition) is 5. The van der Waals surface area contributed by atoms with Gasteiger partial charge >= 0.3 is 0 Å². The van der Waals surface area contributed by atoms with Crippen LogP contribution in [0.3, 0.4) is 0 Å². The van der Waals surface area contributed by atoms with E-state index in [1.165, 1.54) is 0 Å². The van der Waals surface area contributed by atoms with Gasteiger partial charge in [-0.15, -0.1) is 0 Å². The van der Waals surface area contributed by atoms with Crippen LogP contribution >= 0.6 is 0 Å². The van der Waals surface area contributed by atoms with Crippen LogP contribution in [0.15, 0.2) is 36.5 Å². The van der Waals surface area contributed by atoms with E-state index in [0.717, 1.165) is 43.9 Å². The van der Waals surface area contributed by atoms with Crippen LogP contribution < -0.4 is 20.1 Å². The van der Waals surface area contributed by atoms with Crippen molar-refractivity contribution in [2.24, 2.45) is 0 Å². The summed E-state index contributed by atoms with van der Waals surface area (Å²) in [5, 5.41) is 10.7. The Bertz CT molecular complexity index is 710. The van der Waals surface area contributed by atoms with Gasteiger partial charge in [0.25, 0.3) is 5.91 Å². The molecular weight excluding hydrogens is 332 g/mol. The fourth-order valence-electron chi connectivity index (χ4n) is 2.97. The van der Waals surface area contributed by atoms with Gasteiger partial charge in [0.2, 0.25) is 0 Å². The zero-order chi connectivity index (χ0) is 18.2. The van der Waals surface area contributed by atoms with Crippen LogP contribution in [0.25, 0.3) is 0 Å². The van der Waals surface area contributed by atoms with Gasteiger partial charge in [-0.3, -0.25) is 9.48 Å². The molecule has 1 aliphatic rings. The predicted octanol–water partition coefficient (Wildman–Crippen LogP) is 2.02. The highest BCUT2D eigenvalue weighted by molar-refractivity contribution is 5.92. The Morgan fingerprint density at radius 3 is 3.08 bits per heavy atom. The smallest absolute Gasteiger partial charge is 0.271 e. The Morgan fingerprint density at radius 1 is 1.38 bits per heavy atom. The van der Waals surface area contributed by atoms with E-state index in [2.05, 4.69) is 15.7 Å². The highest BCUT2D eigenvalue weighted by Gasteiger charge is 2.17. The van der Waals surface area contributed by atoms with Crippen molar-refractivity contribution in [1.82, 2.24) is 20.4 Å². The Hall–Kier alpha value is -2.54. The molecule has 1 unspecified atom stereocenters. The fraction of sp³-hybridized carbons (Fsp3) is 0.474. The summed E-state index contributed by atoms with van der Waals surface area (Å²) >= 11 is 0. The van der Waals surface area contributed by atoms with E-state index in [9.17, 15) is 4.79 Å². The van der Waals surface area contributed by atoms with Crippen molar-refractivity contribution in [2.45, 2.75) is 25.3 Å². The van der Waals surface area contributed by atoms with E-state index >= 15 is 0 Å². The van der Waals surface area contributed by atoms with Crippen LogP contribution in [0, 0.1) is 0 Å². The predicted molar refractivity (Wildman–Crippen MR) is 98.8 cm³/mol. The molecule has 1 saturated heterocycles. The van der Waals surface area contributed by atoms with E-state index in [4.69, 9.17) is 9.47 Å². The Morgan fingerprint density at radius 2 is 2.27 bits per heavy atom. The number of nitrogens with zero attached hydrogens (tertiary/aromatic N) is 2. The first-order chi connectivity index (χ1) is 12.8. The number of rotatable bonds is 8. The van der Waals surface area contributed by atoms with Crippen molar-refractivity contribution in [2.75, 3.05) is 33.4 Å². The first-order valence-electron chi connectivity index (χ1n) is 9.07. The lowest BCUT2D eigenvalue weighted by Crippen LogP contribution is -2.32. The molecular formula is C19H26N4O3. The summed E-state index contributed by atoms with van der Waals surface area (Å²) in [6, 6.07) is 9.58. The van der Waals surface area contributed by atoms with E-state index < -0.39 is 0 Å². The van der Waals surface area contributed by atoms with Crippen LogP contribution in [-0.4, -0.2) is 49.0 Å². The number of aromatic nitrogens is 2. The van der Waals surface area contributed by atoms with Crippen LogP contribution in [0.5, 0.6) is 11.5 Å². The second kappa shape index (κ2) is 9.24. The molecule has 1 aliphatic heterocycles. The summed E-state index contributed by atoms with van der Waals surface area (Å²) in [7, 11) is 1.63. The van der Waals surface area contributed by atoms with Crippen molar-refractivity contribution in [3.63, 3.8) is 0 Å². The molecule has 1 fully saturated rings. The normalized spacial score (nSPS) is 16.9. The zero-order valence-electron chi connectivity index (χ0n) is 15.1. The number of methoxy groups -OCH3 is 1. The van der Waals surface area contributed by atoms with Crippen LogP contribution in [-0.2, 0) is 0 Å². The molecule has 0 aliphatic carbocycles. The maximum atomic E-state index is 12.2. The minimum absolute atomic E-state index is 0.145. The molecule has 1 aromatic carbocycles. The monoisotopic (exact) mass is 358 g/mol. The summed E-state index contributed by atoms with van der Waals surface area (Å²) in [5.74, 6) is 1.38. The van der Waals surface area contributed by atoms with Crippen molar-refractivity contribution in [3.05, 3.63) is 42.2 Å². The summed E-state index contributed by atoms with van der Waals surface area (Å²) < 4.78 is 12.7. The number of nitrogens with one attached hydrogen (secondary N) is 2. The topological polar surface area (TPSA) is 77.4 Å². The van der Waals surface area contributed by atoms with Crippen molar-refractivity contribution in [1.29, 1.82) is 0 Å². The molecule has 0 bridgehead atoms. The average Bonchev–Trinajstić information content (AvgIpc) is 3.19. The molecule has 7 heteroatoms. The molecule has 140 valence electrons. The molecule has 26 heavy (non-hydrogen) atoms. The largest absolute Gasteiger partial charge is 0.497 e. The highest BCUT2D eigenvalue weighted by Crippen LogP contribution is 2.19. The first kappa shape index (κ1) is 18.3. The quantitative estimate of drug-likeness (QED) is 0.706.